The smallest absolute Gasteiger partial charge is 0.335 e. The van der Waals surface area contributed by atoms with Crippen LogP contribution in [-0.4, -0.2) is 89.3 Å². The molecule has 0 radical (unpaired) electrons. The molecule has 1 aromatic rings. The number of rotatable bonds is 38. The van der Waals surface area contributed by atoms with Crippen molar-refractivity contribution in [2.24, 2.45) is 17.4 Å². The average molecular weight is 846 g/mol. The second-order valence-electron chi connectivity index (χ2n) is 16.0. The highest BCUT2D eigenvalue weighted by Crippen LogP contribution is 2.15. The summed E-state index contributed by atoms with van der Waals surface area (Å²) in [5, 5.41) is 26.8. The number of hydrogen-bond acceptors (Lipinski definition) is 10. The van der Waals surface area contributed by atoms with E-state index in [0.29, 0.717) is 83.2 Å². The molecular formula is C45H75N5O10. The predicted octanol–water partition coefficient (Wildman–Crippen LogP) is 5.99. The van der Waals surface area contributed by atoms with Crippen molar-refractivity contribution in [3.05, 3.63) is 29.8 Å². The van der Waals surface area contributed by atoms with Crippen LogP contribution in [0.2, 0.25) is 0 Å². The number of carbonyl (C=O) groups excluding carboxylic acids is 5. The Bertz CT molecular complexity index is 1420. The number of ketones is 2. The van der Waals surface area contributed by atoms with Crippen LogP contribution in [0, 0.1) is 5.92 Å². The highest BCUT2D eigenvalue weighted by Gasteiger charge is 2.21. The third-order valence-electron chi connectivity index (χ3n) is 10.7. The van der Waals surface area contributed by atoms with Gasteiger partial charge in [0.15, 0.2) is 0 Å². The maximum Gasteiger partial charge on any atom is 0.335 e. The lowest BCUT2D eigenvalue weighted by Gasteiger charge is -2.14. The van der Waals surface area contributed by atoms with E-state index in [4.69, 9.17) is 21.3 Å². The highest BCUT2D eigenvalue weighted by molar-refractivity contribution is 5.87. The molecule has 9 N–H and O–H groups in total. The summed E-state index contributed by atoms with van der Waals surface area (Å²) in [4.78, 5) is 83.3. The summed E-state index contributed by atoms with van der Waals surface area (Å²) in [6, 6.07) is 4.00. The Morgan fingerprint density at radius 2 is 1.08 bits per heavy atom. The van der Waals surface area contributed by atoms with Crippen molar-refractivity contribution in [2.45, 2.75) is 180 Å². The Morgan fingerprint density at radius 1 is 0.600 bits per heavy atom. The van der Waals surface area contributed by atoms with Crippen LogP contribution in [0.4, 0.5) is 0 Å². The molecule has 0 saturated carbocycles. The molecule has 15 nitrogen and oxygen atoms in total. The van der Waals surface area contributed by atoms with E-state index in [-0.39, 0.29) is 60.0 Å². The van der Waals surface area contributed by atoms with Crippen molar-refractivity contribution in [3.8, 4) is 5.75 Å². The van der Waals surface area contributed by atoms with Crippen molar-refractivity contribution >= 4 is 41.2 Å². The number of benzene rings is 1. The SMILES string of the molecule is CC(=O)[C@@H](C)CCCCNC(=O)[C@@H](N)CCCCNC(=O)[C@@H](N)CCCCCC(=O)CC[C@H](NC(=O)CCCCCCCCCCCOc1ccc(C(=O)O)cc1)C(=O)O. The number of unbranched alkanes of at least 4 members (excludes halogenated alkanes) is 12. The molecule has 0 aliphatic heterocycles. The fourth-order valence-electron chi connectivity index (χ4n) is 6.54. The van der Waals surface area contributed by atoms with Gasteiger partial charge < -0.3 is 42.4 Å². The van der Waals surface area contributed by atoms with Gasteiger partial charge in [0, 0.05) is 38.3 Å². The monoisotopic (exact) mass is 846 g/mol. The topological polar surface area (TPSA) is 257 Å². The van der Waals surface area contributed by atoms with Crippen LogP contribution >= 0.6 is 0 Å². The zero-order chi connectivity index (χ0) is 44.5. The third kappa shape index (κ3) is 27.4. The van der Waals surface area contributed by atoms with Gasteiger partial charge in [-0.25, -0.2) is 9.59 Å². The molecule has 0 unspecified atom stereocenters. The van der Waals surface area contributed by atoms with E-state index in [1.807, 2.05) is 6.92 Å². The zero-order valence-corrected chi connectivity index (χ0v) is 36.3. The van der Waals surface area contributed by atoms with Crippen LogP contribution in [-0.2, 0) is 28.8 Å². The number of carbonyl (C=O) groups is 7. The van der Waals surface area contributed by atoms with Gasteiger partial charge in [0.2, 0.25) is 17.7 Å². The molecule has 15 heteroatoms. The number of aromatic carboxylic acids is 1. The number of carboxylic acids is 2. The van der Waals surface area contributed by atoms with Gasteiger partial charge >= 0.3 is 11.9 Å². The highest BCUT2D eigenvalue weighted by atomic mass is 16.5. The summed E-state index contributed by atoms with van der Waals surface area (Å²) >= 11 is 0. The Balaban J connectivity index is 2.03. The van der Waals surface area contributed by atoms with E-state index in [1.54, 1.807) is 19.1 Å². The van der Waals surface area contributed by atoms with Gasteiger partial charge in [0.25, 0.3) is 0 Å². The van der Waals surface area contributed by atoms with Crippen LogP contribution < -0.4 is 32.2 Å². The summed E-state index contributed by atoms with van der Waals surface area (Å²) in [5.41, 5.74) is 12.3. The first-order valence-corrected chi connectivity index (χ1v) is 22.3. The van der Waals surface area contributed by atoms with Crippen LogP contribution in [0.5, 0.6) is 5.75 Å². The van der Waals surface area contributed by atoms with Crippen molar-refractivity contribution in [3.63, 3.8) is 0 Å². The van der Waals surface area contributed by atoms with Crippen molar-refractivity contribution in [2.75, 3.05) is 19.7 Å². The number of aliphatic carboxylic acids is 1. The van der Waals surface area contributed by atoms with Crippen molar-refractivity contribution in [1.82, 2.24) is 16.0 Å². The molecule has 0 aliphatic carbocycles. The van der Waals surface area contributed by atoms with E-state index in [2.05, 4.69) is 16.0 Å². The summed E-state index contributed by atoms with van der Waals surface area (Å²) in [6.07, 6.45) is 16.4. The van der Waals surface area contributed by atoms with E-state index < -0.39 is 30.1 Å². The number of amides is 3. The lowest BCUT2D eigenvalue weighted by molar-refractivity contribution is -0.142. The van der Waals surface area contributed by atoms with Crippen LogP contribution in [0.15, 0.2) is 24.3 Å². The van der Waals surface area contributed by atoms with E-state index in [1.165, 1.54) is 12.1 Å². The van der Waals surface area contributed by atoms with Gasteiger partial charge in [0.1, 0.15) is 23.4 Å². The molecule has 0 aromatic heterocycles. The molecule has 0 saturated heterocycles. The standard InChI is InChI=1S/C45H75N5O10/c1-33(34(2)51)19-14-16-30-48-43(55)39(47)22-15-17-31-49-42(54)38(46)21-12-10-11-20-36(52)26-29-40(45(58)59)50-41(53)23-13-8-6-4-3-5-7-9-18-32-60-37-27-24-35(25-28-37)44(56)57/h24-25,27-28,33,38-40H,3-23,26,29-32,46-47H2,1-2H3,(H,48,55)(H,49,54)(H,50,53)(H,56,57)(H,58,59)/t33-,38-,39-,40-/m0/s1. The molecule has 340 valence electrons. The number of carboxylic acid groups (broad SMARTS) is 2. The molecule has 0 fully saturated rings. The van der Waals surface area contributed by atoms with E-state index in [0.717, 1.165) is 70.6 Å². The fraction of sp³-hybridized carbons (Fsp3) is 0.711. The Labute approximate surface area is 357 Å². The molecule has 4 atom stereocenters. The normalized spacial score (nSPS) is 13.1. The molecule has 1 aromatic carbocycles. The third-order valence-corrected chi connectivity index (χ3v) is 10.7. The molecule has 1 rings (SSSR count). The Morgan fingerprint density at radius 3 is 1.62 bits per heavy atom. The molecule has 0 bridgehead atoms. The Hall–Kier alpha value is -4.37. The number of ether oxygens (including phenoxy) is 1. The number of nitrogens with two attached hydrogens (primary N) is 2. The Kier molecular flexibility index (Phi) is 29.8. The maximum atomic E-state index is 12.4. The minimum absolute atomic E-state index is 0.0386. The maximum absolute atomic E-state index is 12.4. The van der Waals surface area contributed by atoms with Gasteiger partial charge in [-0.15, -0.1) is 0 Å². The van der Waals surface area contributed by atoms with Crippen LogP contribution in [0.1, 0.15) is 172 Å². The first-order chi connectivity index (χ1) is 28.7. The zero-order valence-electron chi connectivity index (χ0n) is 36.3. The molecule has 3 amide bonds. The van der Waals surface area contributed by atoms with Gasteiger partial charge in [-0.3, -0.25) is 24.0 Å². The van der Waals surface area contributed by atoms with E-state index >= 15 is 0 Å². The summed E-state index contributed by atoms with van der Waals surface area (Å²) < 4.78 is 5.66. The minimum atomic E-state index is -1.16. The van der Waals surface area contributed by atoms with Gasteiger partial charge in [-0.2, -0.15) is 0 Å². The quantitative estimate of drug-likeness (QED) is 0.0379. The number of nitrogens with one attached hydrogen (secondary N) is 3. The summed E-state index contributed by atoms with van der Waals surface area (Å²) in [6.45, 7) is 5.04. The first kappa shape index (κ1) is 53.6. The average Bonchev–Trinajstić information content (AvgIpc) is 3.21. The number of Topliss-reactive ketones (excluding diaryl/α,β-unsaturated/α-hetero) is 2. The lowest BCUT2D eigenvalue weighted by Crippen LogP contribution is -2.41. The summed E-state index contributed by atoms with van der Waals surface area (Å²) in [7, 11) is 0. The minimum Gasteiger partial charge on any atom is -0.494 e. The van der Waals surface area contributed by atoms with Gasteiger partial charge in [-0.05, 0) is 95.4 Å². The first-order valence-electron chi connectivity index (χ1n) is 22.3. The predicted molar refractivity (Wildman–Crippen MR) is 231 cm³/mol. The van der Waals surface area contributed by atoms with Crippen LogP contribution in [0.25, 0.3) is 0 Å². The van der Waals surface area contributed by atoms with E-state index in [9.17, 15) is 38.7 Å². The van der Waals surface area contributed by atoms with Gasteiger partial charge in [0.05, 0.1) is 24.3 Å². The molecule has 0 aliphatic rings. The fourth-order valence-corrected chi connectivity index (χ4v) is 6.54. The number of hydrogen-bond donors (Lipinski definition) is 7. The van der Waals surface area contributed by atoms with Crippen molar-refractivity contribution < 1.29 is 48.5 Å². The molecular weight excluding hydrogens is 771 g/mol. The summed E-state index contributed by atoms with van der Waals surface area (Å²) in [5.74, 6) is -2.07. The molecule has 0 spiro atoms. The van der Waals surface area contributed by atoms with Gasteiger partial charge in [-0.1, -0.05) is 71.1 Å². The van der Waals surface area contributed by atoms with Crippen LogP contribution in [0.3, 0.4) is 0 Å². The molecule has 60 heavy (non-hydrogen) atoms. The largest absolute Gasteiger partial charge is 0.494 e. The second kappa shape index (κ2) is 33.4. The lowest BCUT2D eigenvalue weighted by atomic mass is 10.0. The van der Waals surface area contributed by atoms with Crippen molar-refractivity contribution in [1.29, 1.82) is 0 Å². The molecule has 0 heterocycles. The second-order valence-corrected chi connectivity index (χ2v) is 16.0.